The number of hydrogen-bond acceptors (Lipinski definition) is 7. The van der Waals surface area contributed by atoms with Crippen molar-refractivity contribution in [3.05, 3.63) is 64.0 Å². The molecule has 1 amide bonds. The second-order valence-electron chi connectivity index (χ2n) is 5.75. The Bertz CT molecular complexity index is 987. The van der Waals surface area contributed by atoms with Crippen molar-refractivity contribution in [1.82, 2.24) is 20.2 Å². The molecule has 0 spiro atoms. The van der Waals surface area contributed by atoms with Crippen molar-refractivity contribution in [3.8, 4) is 11.4 Å². The predicted molar refractivity (Wildman–Crippen MR) is 95.8 cm³/mol. The molecule has 2 aromatic carbocycles. The summed E-state index contributed by atoms with van der Waals surface area (Å²) < 4.78 is 6.94. The highest BCUT2D eigenvalue weighted by molar-refractivity contribution is 5.95. The number of anilines is 1. The number of aromatic nitrogens is 4. The Labute approximate surface area is 153 Å². The first kappa shape index (κ1) is 18.0. The Morgan fingerprint density at radius 2 is 2.11 bits per heavy atom. The van der Waals surface area contributed by atoms with E-state index in [4.69, 9.17) is 4.74 Å². The largest absolute Gasteiger partial charge is 0.484 e. The molecule has 0 radical (unpaired) electrons. The summed E-state index contributed by atoms with van der Waals surface area (Å²) in [5.74, 6) is -0.0618. The second kappa shape index (κ2) is 7.60. The number of hydrogen-bond donors (Lipinski definition) is 1. The fourth-order valence-corrected chi connectivity index (χ4v) is 2.43. The summed E-state index contributed by atoms with van der Waals surface area (Å²) in [5.41, 5.74) is 2.16. The summed E-state index contributed by atoms with van der Waals surface area (Å²) >= 11 is 0. The van der Waals surface area contributed by atoms with Crippen LogP contribution in [0, 0.1) is 24.0 Å². The fourth-order valence-electron chi connectivity index (χ4n) is 2.43. The minimum Gasteiger partial charge on any atom is -0.484 e. The number of carbonyl (C=O) groups excluding carboxylic acids is 1. The number of rotatable bonds is 6. The van der Waals surface area contributed by atoms with Gasteiger partial charge in [-0.05, 0) is 47.5 Å². The van der Waals surface area contributed by atoms with Crippen LogP contribution in [0.1, 0.15) is 11.1 Å². The van der Waals surface area contributed by atoms with Crippen LogP contribution in [0.15, 0.2) is 42.7 Å². The van der Waals surface area contributed by atoms with Crippen LogP contribution in [0.4, 0.5) is 11.4 Å². The van der Waals surface area contributed by atoms with Crippen LogP contribution in [0.2, 0.25) is 0 Å². The van der Waals surface area contributed by atoms with Gasteiger partial charge < -0.3 is 10.1 Å². The van der Waals surface area contributed by atoms with E-state index < -0.39 is 10.8 Å². The Kier molecular flexibility index (Phi) is 5.06. The van der Waals surface area contributed by atoms with Crippen molar-refractivity contribution >= 4 is 17.3 Å². The third-order valence-corrected chi connectivity index (χ3v) is 3.98. The highest BCUT2D eigenvalue weighted by atomic mass is 16.6. The minimum atomic E-state index is -0.529. The Morgan fingerprint density at radius 3 is 2.81 bits per heavy atom. The lowest BCUT2D eigenvalue weighted by Crippen LogP contribution is -2.21. The van der Waals surface area contributed by atoms with Crippen molar-refractivity contribution in [3.63, 3.8) is 0 Å². The van der Waals surface area contributed by atoms with Gasteiger partial charge in [0.05, 0.1) is 10.6 Å². The van der Waals surface area contributed by atoms with Gasteiger partial charge in [-0.1, -0.05) is 12.1 Å². The number of carbonyl (C=O) groups is 1. The van der Waals surface area contributed by atoms with E-state index in [1.54, 1.807) is 37.3 Å². The van der Waals surface area contributed by atoms with E-state index in [1.165, 1.54) is 17.1 Å². The lowest BCUT2D eigenvalue weighted by molar-refractivity contribution is -0.384. The Hall–Kier alpha value is -3.82. The molecular weight excluding hydrogens is 352 g/mol. The van der Waals surface area contributed by atoms with E-state index in [1.807, 2.05) is 6.92 Å². The monoisotopic (exact) mass is 368 g/mol. The van der Waals surface area contributed by atoms with Crippen LogP contribution >= 0.6 is 0 Å². The summed E-state index contributed by atoms with van der Waals surface area (Å²) in [4.78, 5) is 22.9. The summed E-state index contributed by atoms with van der Waals surface area (Å²) in [5, 5.41) is 24.7. The van der Waals surface area contributed by atoms with Gasteiger partial charge in [-0.2, -0.15) is 0 Å². The number of nitro groups is 1. The number of nitro benzene ring substituents is 1. The second-order valence-corrected chi connectivity index (χ2v) is 5.75. The van der Waals surface area contributed by atoms with E-state index in [9.17, 15) is 14.9 Å². The molecule has 27 heavy (non-hydrogen) atoms. The first-order valence-electron chi connectivity index (χ1n) is 7.96. The molecule has 0 saturated carbocycles. The van der Waals surface area contributed by atoms with Crippen LogP contribution in [0.5, 0.6) is 5.75 Å². The number of benzene rings is 2. The van der Waals surface area contributed by atoms with Crippen molar-refractivity contribution in [2.24, 2.45) is 0 Å². The number of nitrogens with one attached hydrogen (secondary N) is 1. The number of amides is 1. The molecule has 1 heterocycles. The summed E-state index contributed by atoms with van der Waals surface area (Å²) in [6.07, 6.45) is 1.44. The van der Waals surface area contributed by atoms with Gasteiger partial charge in [0, 0.05) is 12.1 Å². The van der Waals surface area contributed by atoms with Gasteiger partial charge in [0.25, 0.3) is 11.6 Å². The van der Waals surface area contributed by atoms with E-state index >= 15 is 0 Å². The average molecular weight is 368 g/mol. The molecule has 0 bridgehead atoms. The Morgan fingerprint density at radius 1 is 1.30 bits per heavy atom. The average Bonchev–Trinajstić information content (AvgIpc) is 3.19. The van der Waals surface area contributed by atoms with E-state index in [0.29, 0.717) is 17.0 Å². The van der Waals surface area contributed by atoms with Gasteiger partial charge in [0.1, 0.15) is 17.8 Å². The smallest absolute Gasteiger partial charge is 0.293 e. The van der Waals surface area contributed by atoms with E-state index in [-0.39, 0.29) is 18.0 Å². The number of tetrazole rings is 1. The molecule has 0 saturated heterocycles. The first-order chi connectivity index (χ1) is 13.0. The standard InChI is InChI=1S/C17H16N6O4/c1-11-6-7-15(23(25)26)17(12(11)2)19-16(24)9-27-14-5-3-4-13(8-14)22-10-18-20-21-22/h3-8,10H,9H2,1-2H3,(H,19,24). The Balaban J connectivity index is 1.70. The van der Waals surface area contributed by atoms with E-state index in [2.05, 4.69) is 20.8 Å². The van der Waals surface area contributed by atoms with Crippen LogP contribution in [0.25, 0.3) is 5.69 Å². The fraction of sp³-hybridized carbons (Fsp3) is 0.176. The van der Waals surface area contributed by atoms with Crippen molar-refractivity contribution in [2.45, 2.75) is 13.8 Å². The maximum absolute atomic E-state index is 12.2. The molecule has 0 aliphatic carbocycles. The molecular formula is C17H16N6O4. The minimum absolute atomic E-state index is 0.160. The van der Waals surface area contributed by atoms with Gasteiger partial charge in [-0.25, -0.2) is 4.68 Å². The normalized spacial score (nSPS) is 10.4. The zero-order valence-corrected chi connectivity index (χ0v) is 14.6. The molecule has 0 aliphatic rings. The van der Waals surface area contributed by atoms with Gasteiger partial charge in [-0.3, -0.25) is 14.9 Å². The maximum Gasteiger partial charge on any atom is 0.293 e. The SMILES string of the molecule is Cc1ccc([N+](=O)[O-])c(NC(=O)COc2cccc(-n3cnnn3)c2)c1C. The number of ether oxygens (including phenoxy) is 1. The van der Waals surface area contributed by atoms with Crippen molar-refractivity contribution < 1.29 is 14.5 Å². The molecule has 10 heteroatoms. The van der Waals surface area contributed by atoms with Crippen LogP contribution in [-0.4, -0.2) is 37.6 Å². The van der Waals surface area contributed by atoms with Gasteiger partial charge in [-0.15, -0.1) is 5.10 Å². The topological polar surface area (TPSA) is 125 Å². The lowest BCUT2D eigenvalue weighted by Gasteiger charge is -2.12. The predicted octanol–water partition coefficient (Wildman–Crippen LogP) is 2.20. The molecule has 3 aromatic rings. The highest BCUT2D eigenvalue weighted by Gasteiger charge is 2.19. The molecule has 1 aromatic heterocycles. The molecule has 0 aliphatic heterocycles. The highest BCUT2D eigenvalue weighted by Crippen LogP contribution is 2.30. The molecule has 3 rings (SSSR count). The quantitative estimate of drug-likeness (QED) is 0.522. The van der Waals surface area contributed by atoms with E-state index in [0.717, 1.165) is 5.56 Å². The third-order valence-electron chi connectivity index (χ3n) is 3.98. The molecule has 0 unspecified atom stereocenters. The number of nitrogens with zero attached hydrogens (tertiary/aromatic N) is 5. The molecule has 138 valence electrons. The number of aryl methyl sites for hydroxylation is 1. The zero-order chi connectivity index (χ0) is 19.4. The van der Waals surface area contributed by atoms with Gasteiger partial charge in [0.15, 0.2) is 6.61 Å². The molecule has 1 N–H and O–H groups in total. The summed E-state index contributed by atoms with van der Waals surface area (Å²) in [6.45, 7) is 3.23. The molecule has 0 atom stereocenters. The van der Waals surface area contributed by atoms with Gasteiger partial charge in [0.2, 0.25) is 0 Å². The van der Waals surface area contributed by atoms with Crippen LogP contribution in [-0.2, 0) is 4.79 Å². The lowest BCUT2D eigenvalue weighted by atomic mass is 10.1. The maximum atomic E-state index is 12.2. The van der Waals surface area contributed by atoms with Crippen molar-refractivity contribution in [2.75, 3.05) is 11.9 Å². The van der Waals surface area contributed by atoms with Crippen LogP contribution in [0.3, 0.4) is 0 Å². The summed E-state index contributed by atoms with van der Waals surface area (Å²) in [6, 6.07) is 9.88. The third kappa shape index (κ3) is 4.06. The zero-order valence-electron chi connectivity index (χ0n) is 14.6. The molecule has 0 fully saturated rings. The van der Waals surface area contributed by atoms with Crippen LogP contribution < -0.4 is 10.1 Å². The van der Waals surface area contributed by atoms with Crippen molar-refractivity contribution in [1.29, 1.82) is 0 Å². The first-order valence-corrected chi connectivity index (χ1v) is 7.96. The summed E-state index contributed by atoms with van der Waals surface area (Å²) in [7, 11) is 0. The van der Waals surface area contributed by atoms with Gasteiger partial charge >= 0.3 is 0 Å². The molecule has 10 nitrogen and oxygen atoms in total.